The molecule has 0 saturated carbocycles. The Hall–Kier alpha value is -3.55. The van der Waals surface area contributed by atoms with Crippen molar-refractivity contribution in [1.82, 2.24) is 15.3 Å². The summed E-state index contributed by atoms with van der Waals surface area (Å²) in [6, 6.07) is 7.88. The van der Waals surface area contributed by atoms with Crippen LogP contribution in [0.2, 0.25) is 0 Å². The molecular weight excluding hydrogens is 378 g/mol. The Labute approximate surface area is 165 Å². The fourth-order valence-electron chi connectivity index (χ4n) is 3.77. The number of nitrogen functional groups attached to an aromatic ring is 1. The fraction of sp³-hybridized carbons (Fsp3) is 0.190. The normalized spacial score (nSPS) is 15.6. The number of fused-ring (bicyclic) bond motifs is 1. The van der Waals surface area contributed by atoms with Crippen LogP contribution in [0, 0.1) is 18.6 Å². The van der Waals surface area contributed by atoms with E-state index in [1.807, 2.05) is 0 Å². The quantitative estimate of drug-likeness (QED) is 0.709. The maximum Gasteiger partial charge on any atom is 0.255 e. The zero-order valence-corrected chi connectivity index (χ0v) is 15.8. The summed E-state index contributed by atoms with van der Waals surface area (Å²) in [7, 11) is 1.40. The molecular formula is C21H18F2N4O2. The molecule has 4 rings (SSSR count). The number of carbonyl (C=O) groups is 1. The molecule has 0 fully saturated rings. The highest BCUT2D eigenvalue weighted by molar-refractivity contribution is 5.98. The molecule has 2 heterocycles. The molecule has 1 amide bonds. The van der Waals surface area contributed by atoms with Crippen LogP contribution in [0.3, 0.4) is 0 Å². The van der Waals surface area contributed by atoms with E-state index >= 15 is 0 Å². The molecule has 2 aromatic carbocycles. The van der Waals surface area contributed by atoms with E-state index in [1.54, 1.807) is 25.1 Å². The van der Waals surface area contributed by atoms with E-state index in [1.165, 1.54) is 25.3 Å². The molecule has 29 heavy (non-hydrogen) atoms. The van der Waals surface area contributed by atoms with E-state index in [-0.39, 0.29) is 29.6 Å². The second kappa shape index (κ2) is 7.12. The van der Waals surface area contributed by atoms with Crippen molar-refractivity contribution < 1.29 is 18.3 Å². The van der Waals surface area contributed by atoms with Crippen LogP contribution in [0.1, 0.15) is 33.4 Å². The van der Waals surface area contributed by atoms with E-state index in [0.29, 0.717) is 28.1 Å². The number of methoxy groups -OCH3 is 1. The van der Waals surface area contributed by atoms with E-state index in [9.17, 15) is 13.6 Å². The first kappa shape index (κ1) is 18.8. The molecule has 0 saturated heterocycles. The van der Waals surface area contributed by atoms with Crippen molar-refractivity contribution in [2.24, 2.45) is 0 Å². The minimum Gasteiger partial charge on any atom is -0.496 e. The van der Waals surface area contributed by atoms with Gasteiger partial charge in [-0.25, -0.2) is 18.7 Å². The molecule has 8 heteroatoms. The molecule has 1 aliphatic heterocycles. The molecule has 6 nitrogen and oxygen atoms in total. The number of rotatable bonds is 3. The first-order valence-corrected chi connectivity index (χ1v) is 8.95. The number of nitrogens with one attached hydrogen (secondary N) is 1. The van der Waals surface area contributed by atoms with Crippen molar-refractivity contribution in [1.29, 1.82) is 0 Å². The summed E-state index contributed by atoms with van der Waals surface area (Å²) in [5.41, 5.74) is 8.04. The van der Waals surface area contributed by atoms with Gasteiger partial charge in [-0.3, -0.25) is 4.79 Å². The van der Waals surface area contributed by atoms with Gasteiger partial charge in [-0.2, -0.15) is 0 Å². The highest BCUT2D eigenvalue weighted by Crippen LogP contribution is 2.40. The second-order valence-corrected chi connectivity index (χ2v) is 6.77. The van der Waals surface area contributed by atoms with Crippen molar-refractivity contribution in [3.8, 4) is 16.9 Å². The molecule has 0 radical (unpaired) electrons. The largest absolute Gasteiger partial charge is 0.496 e. The molecule has 0 bridgehead atoms. The van der Waals surface area contributed by atoms with E-state index in [4.69, 9.17) is 10.5 Å². The van der Waals surface area contributed by atoms with E-state index in [2.05, 4.69) is 15.3 Å². The van der Waals surface area contributed by atoms with Gasteiger partial charge in [0.25, 0.3) is 5.91 Å². The zero-order valence-electron chi connectivity index (χ0n) is 15.8. The van der Waals surface area contributed by atoms with Crippen LogP contribution in [-0.4, -0.2) is 23.0 Å². The van der Waals surface area contributed by atoms with Crippen LogP contribution in [-0.2, 0) is 6.42 Å². The topological polar surface area (TPSA) is 90.1 Å². The maximum absolute atomic E-state index is 14.5. The van der Waals surface area contributed by atoms with Gasteiger partial charge in [-0.1, -0.05) is 18.2 Å². The molecule has 1 aliphatic rings. The van der Waals surface area contributed by atoms with Gasteiger partial charge in [-0.15, -0.1) is 0 Å². The van der Waals surface area contributed by atoms with Gasteiger partial charge in [-0.05, 0) is 24.6 Å². The van der Waals surface area contributed by atoms with Crippen molar-refractivity contribution in [2.45, 2.75) is 19.4 Å². The average molecular weight is 396 g/mol. The SMILES string of the molecule is COc1cc(F)cc(-c2ccccc2F)c1C1Cc2nc(N)nc(C)c2C(=O)N1. The average Bonchev–Trinajstić information content (AvgIpc) is 2.66. The second-order valence-electron chi connectivity index (χ2n) is 6.77. The lowest BCUT2D eigenvalue weighted by molar-refractivity contribution is 0.0922. The number of hydrogen-bond donors (Lipinski definition) is 2. The number of nitrogens with zero attached hydrogens (tertiary/aromatic N) is 2. The number of aryl methyl sites for hydroxylation is 1. The summed E-state index contributed by atoms with van der Waals surface area (Å²) in [6.45, 7) is 1.68. The number of hydrogen-bond acceptors (Lipinski definition) is 5. The first-order chi connectivity index (χ1) is 13.9. The Morgan fingerprint density at radius 2 is 1.93 bits per heavy atom. The van der Waals surface area contributed by atoms with Crippen molar-refractivity contribution >= 4 is 11.9 Å². The molecule has 0 spiro atoms. The van der Waals surface area contributed by atoms with Crippen molar-refractivity contribution in [3.05, 3.63) is 70.5 Å². The lowest BCUT2D eigenvalue weighted by atomic mass is 9.88. The van der Waals surface area contributed by atoms with Gasteiger partial charge in [0.2, 0.25) is 5.95 Å². The zero-order chi connectivity index (χ0) is 20.7. The van der Waals surface area contributed by atoms with Crippen molar-refractivity contribution in [3.63, 3.8) is 0 Å². The lowest BCUT2D eigenvalue weighted by Crippen LogP contribution is -2.37. The fourth-order valence-corrected chi connectivity index (χ4v) is 3.77. The third-order valence-electron chi connectivity index (χ3n) is 4.95. The predicted octanol–water partition coefficient (Wildman–Crippen LogP) is 3.35. The molecule has 3 aromatic rings. The van der Waals surface area contributed by atoms with Crippen LogP contribution in [0.5, 0.6) is 5.75 Å². The molecule has 148 valence electrons. The number of ether oxygens (including phenoxy) is 1. The summed E-state index contributed by atoms with van der Waals surface area (Å²) < 4.78 is 34.2. The Morgan fingerprint density at radius 3 is 2.66 bits per heavy atom. The Balaban J connectivity index is 1.91. The predicted molar refractivity (Wildman–Crippen MR) is 103 cm³/mol. The first-order valence-electron chi connectivity index (χ1n) is 8.95. The van der Waals surface area contributed by atoms with Crippen molar-refractivity contribution in [2.75, 3.05) is 12.8 Å². The Kier molecular flexibility index (Phi) is 4.62. The molecule has 1 atom stereocenters. The lowest BCUT2D eigenvalue weighted by Gasteiger charge is -2.29. The van der Waals surface area contributed by atoms with Crippen LogP contribution in [0.25, 0.3) is 11.1 Å². The summed E-state index contributed by atoms with van der Waals surface area (Å²) in [4.78, 5) is 21.0. The monoisotopic (exact) mass is 396 g/mol. The number of carbonyl (C=O) groups excluding carboxylic acids is 1. The van der Waals surface area contributed by atoms with Crippen LogP contribution in [0.15, 0.2) is 36.4 Å². The van der Waals surface area contributed by atoms with E-state index in [0.717, 1.165) is 0 Å². The smallest absolute Gasteiger partial charge is 0.255 e. The highest BCUT2D eigenvalue weighted by atomic mass is 19.1. The number of halogens is 2. The van der Waals surface area contributed by atoms with Gasteiger partial charge in [0.1, 0.15) is 17.4 Å². The third-order valence-corrected chi connectivity index (χ3v) is 4.95. The number of anilines is 1. The maximum atomic E-state index is 14.5. The standard InChI is InChI=1S/C21H18F2N4O2/c1-10-18-15(27-21(24)25-10)9-16(26-20(18)28)19-13(7-11(22)8-17(19)29-2)12-5-3-4-6-14(12)23/h3-8,16H,9H2,1-2H3,(H,26,28)(H2,24,25,27). The number of amides is 1. The van der Waals surface area contributed by atoms with Crippen LogP contribution in [0.4, 0.5) is 14.7 Å². The minimum absolute atomic E-state index is 0.0649. The summed E-state index contributed by atoms with van der Waals surface area (Å²) >= 11 is 0. The van der Waals surface area contributed by atoms with Gasteiger partial charge in [0.05, 0.1) is 30.1 Å². The minimum atomic E-state index is -0.617. The molecule has 3 N–H and O–H groups in total. The Bertz CT molecular complexity index is 1130. The van der Waals surface area contributed by atoms with Gasteiger partial charge >= 0.3 is 0 Å². The third kappa shape index (κ3) is 3.26. The number of aromatic nitrogens is 2. The van der Waals surface area contributed by atoms with Gasteiger partial charge in [0.15, 0.2) is 0 Å². The molecule has 0 aliphatic carbocycles. The number of benzene rings is 2. The van der Waals surface area contributed by atoms with E-state index < -0.39 is 17.7 Å². The van der Waals surface area contributed by atoms with Crippen LogP contribution < -0.4 is 15.8 Å². The van der Waals surface area contributed by atoms with Crippen LogP contribution >= 0.6 is 0 Å². The summed E-state index contributed by atoms with van der Waals surface area (Å²) in [5.74, 6) is -1.19. The van der Waals surface area contributed by atoms with Gasteiger partial charge < -0.3 is 15.8 Å². The molecule has 1 unspecified atom stereocenters. The number of nitrogens with two attached hydrogens (primary N) is 1. The Morgan fingerprint density at radius 1 is 1.17 bits per heavy atom. The molecule has 1 aromatic heterocycles. The summed E-state index contributed by atoms with van der Waals surface area (Å²) in [6.07, 6.45) is 0.276. The highest BCUT2D eigenvalue weighted by Gasteiger charge is 2.33. The summed E-state index contributed by atoms with van der Waals surface area (Å²) in [5, 5.41) is 2.89. The van der Waals surface area contributed by atoms with Gasteiger partial charge in [0, 0.05) is 23.6 Å².